The van der Waals surface area contributed by atoms with Gasteiger partial charge in [-0.1, -0.05) is 37.8 Å². The van der Waals surface area contributed by atoms with Crippen LogP contribution < -0.4 is 10.6 Å². The molecular formula is C24H38N4. The molecule has 0 fully saturated rings. The topological polar surface area (TPSA) is 49.8 Å². The highest BCUT2D eigenvalue weighted by Gasteiger charge is 2.25. The van der Waals surface area contributed by atoms with Crippen molar-refractivity contribution in [1.82, 2.24) is 20.6 Å². The van der Waals surface area contributed by atoms with Crippen LogP contribution in [0.15, 0.2) is 25.3 Å². The standard InChI is InChI=1S/C24H38N4/c1-3-5-7-9-11-13-19-15-21-23(17-25-19)28-22-16-20(26-18-24(22)27-21)14-12-10-8-6-4-2/h3-4,19-20,25-26H,1-2,5-18H2/t19-,20-/m1/s1. The van der Waals surface area contributed by atoms with Gasteiger partial charge in [0.25, 0.3) is 0 Å². The Morgan fingerprint density at radius 1 is 0.679 bits per heavy atom. The van der Waals surface area contributed by atoms with Crippen molar-refractivity contribution in [2.45, 2.75) is 102 Å². The number of rotatable bonds is 12. The average molecular weight is 383 g/mol. The molecule has 0 bridgehead atoms. The number of nitrogens with zero attached hydrogens (tertiary/aromatic N) is 2. The van der Waals surface area contributed by atoms with E-state index < -0.39 is 0 Å². The molecule has 0 aromatic carbocycles. The summed E-state index contributed by atoms with van der Waals surface area (Å²) in [6.07, 6.45) is 18.6. The Morgan fingerprint density at radius 3 is 1.57 bits per heavy atom. The van der Waals surface area contributed by atoms with Gasteiger partial charge in [0, 0.05) is 38.0 Å². The Balaban J connectivity index is 1.47. The summed E-state index contributed by atoms with van der Waals surface area (Å²) >= 11 is 0. The van der Waals surface area contributed by atoms with E-state index in [1.807, 2.05) is 12.2 Å². The normalized spacial score (nSPS) is 21.0. The first-order valence-electron chi connectivity index (χ1n) is 11.4. The molecule has 3 rings (SSSR count). The second kappa shape index (κ2) is 11.5. The molecule has 4 heteroatoms. The van der Waals surface area contributed by atoms with E-state index in [1.54, 1.807) is 0 Å². The van der Waals surface area contributed by atoms with E-state index in [0.29, 0.717) is 12.1 Å². The second-order valence-corrected chi connectivity index (χ2v) is 8.43. The van der Waals surface area contributed by atoms with E-state index in [1.165, 1.54) is 74.1 Å². The Bertz CT molecular complexity index is 584. The van der Waals surface area contributed by atoms with Crippen LogP contribution in [-0.2, 0) is 25.9 Å². The van der Waals surface area contributed by atoms with Crippen molar-refractivity contribution in [3.8, 4) is 0 Å². The lowest BCUT2D eigenvalue weighted by Crippen LogP contribution is -2.40. The monoisotopic (exact) mass is 382 g/mol. The van der Waals surface area contributed by atoms with Crippen LogP contribution in [0.25, 0.3) is 0 Å². The molecule has 154 valence electrons. The molecule has 28 heavy (non-hydrogen) atoms. The van der Waals surface area contributed by atoms with Crippen LogP contribution in [0, 0.1) is 0 Å². The number of allylic oxidation sites excluding steroid dienone is 2. The fourth-order valence-corrected chi connectivity index (χ4v) is 4.41. The highest BCUT2D eigenvalue weighted by Crippen LogP contribution is 2.22. The Kier molecular flexibility index (Phi) is 8.69. The Labute approximate surface area is 171 Å². The van der Waals surface area contributed by atoms with Crippen molar-refractivity contribution in [3.05, 3.63) is 48.1 Å². The summed E-state index contributed by atoms with van der Waals surface area (Å²) in [6.45, 7) is 9.37. The molecule has 2 N–H and O–H groups in total. The van der Waals surface area contributed by atoms with Gasteiger partial charge in [-0.3, -0.25) is 9.97 Å². The molecular weight excluding hydrogens is 344 g/mol. The van der Waals surface area contributed by atoms with Gasteiger partial charge < -0.3 is 10.6 Å². The maximum Gasteiger partial charge on any atom is 0.0760 e. The molecule has 0 unspecified atom stereocenters. The lowest BCUT2D eigenvalue weighted by molar-refractivity contribution is 0.400. The van der Waals surface area contributed by atoms with E-state index in [-0.39, 0.29) is 0 Å². The third-order valence-electron chi connectivity index (χ3n) is 6.12. The molecule has 0 aliphatic carbocycles. The summed E-state index contributed by atoms with van der Waals surface area (Å²) in [5, 5.41) is 7.38. The first-order valence-corrected chi connectivity index (χ1v) is 11.4. The van der Waals surface area contributed by atoms with E-state index >= 15 is 0 Å². The molecule has 2 aliphatic rings. The first-order chi connectivity index (χ1) is 13.8. The van der Waals surface area contributed by atoms with Crippen molar-refractivity contribution >= 4 is 0 Å². The lowest BCUT2D eigenvalue weighted by Gasteiger charge is -2.29. The number of hydrogen-bond donors (Lipinski definition) is 2. The zero-order valence-corrected chi connectivity index (χ0v) is 17.5. The summed E-state index contributed by atoms with van der Waals surface area (Å²) in [5.74, 6) is 0. The summed E-state index contributed by atoms with van der Waals surface area (Å²) < 4.78 is 0. The minimum absolute atomic E-state index is 0.559. The molecule has 0 saturated heterocycles. The number of unbranched alkanes of at least 4 members (excludes halogenated alkanes) is 6. The van der Waals surface area contributed by atoms with E-state index in [4.69, 9.17) is 9.97 Å². The van der Waals surface area contributed by atoms with E-state index in [9.17, 15) is 0 Å². The molecule has 4 nitrogen and oxygen atoms in total. The minimum atomic E-state index is 0.559. The van der Waals surface area contributed by atoms with Crippen LogP contribution in [0.1, 0.15) is 87.0 Å². The SMILES string of the molecule is C=CCCCCC[C@@H]1Cc2nc3c(nc2CN1)C[C@@H](CCCCCC=C)NC3. The quantitative estimate of drug-likeness (QED) is 0.403. The largest absolute Gasteiger partial charge is 0.308 e. The highest BCUT2D eigenvalue weighted by atomic mass is 15.0. The summed E-state index contributed by atoms with van der Waals surface area (Å²) in [4.78, 5) is 10.1. The number of nitrogens with one attached hydrogen (secondary N) is 2. The van der Waals surface area contributed by atoms with E-state index in [2.05, 4.69) is 23.8 Å². The van der Waals surface area contributed by atoms with Gasteiger partial charge >= 0.3 is 0 Å². The van der Waals surface area contributed by atoms with Gasteiger partial charge in [-0.05, 0) is 38.5 Å². The molecule has 0 spiro atoms. The number of aromatic nitrogens is 2. The van der Waals surface area contributed by atoms with Gasteiger partial charge in [0.15, 0.2) is 0 Å². The van der Waals surface area contributed by atoms with Crippen LogP contribution in [0.3, 0.4) is 0 Å². The van der Waals surface area contributed by atoms with Gasteiger partial charge in [-0.15, -0.1) is 13.2 Å². The van der Waals surface area contributed by atoms with Crippen molar-refractivity contribution in [3.63, 3.8) is 0 Å². The van der Waals surface area contributed by atoms with Gasteiger partial charge in [0.1, 0.15) is 0 Å². The summed E-state index contributed by atoms with van der Waals surface area (Å²) in [6, 6.07) is 1.12. The van der Waals surface area contributed by atoms with Gasteiger partial charge in [0.05, 0.1) is 22.8 Å². The fraction of sp³-hybridized carbons (Fsp3) is 0.667. The third-order valence-corrected chi connectivity index (χ3v) is 6.12. The molecule has 2 aliphatic heterocycles. The smallest absolute Gasteiger partial charge is 0.0760 e. The molecule has 0 radical (unpaired) electrons. The summed E-state index contributed by atoms with van der Waals surface area (Å²) in [7, 11) is 0. The van der Waals surface area contributed by atoms with Crippen LogP contribution in [0.4, 0.5) is 0 Å². The number of hydrogen-bond acceptors (Lipinski definition) is 4. The molecule has 1 aromatic heterocycles. The zero-order valence-electron chi connectivity index (χ0n) is 17.5. The number of fused-ring (bicyclic) bond motifs is 2. The molecule has 3 heterocycles. The predicted octanol–water partition coefficient (Wildman–Crippen LogP) is 4.78. The molecule has 0 saturated carbocycles. The van der Waals surface area contributed by atoms with Crippen LogP contribution >= 0.6 is 0 Å². The van der Waals surface area contributed by atoms with Crippen LogP contribution in [0.5, 0.6) is 0 Å². The minimum Gasteiger partial charge on any atom is -0.308 e. The lowest BCUT2D eigenvalue weighted by atomic mass is 9.96. The maximum atomic E-state index is 5.03. The molecule has 1 aromatic rings. The Hall–Kier alpha value is -1.52. The second-order valence-electron chi connectivity index (χ2n) is 8.43. The maximum absolute atomic E-state index is 5.03. The van der Waals surface area contributed by atoms with Gasteiger partial charge in [-0.25, -0.2) is 0 Å². The van der Waals surface area contributed by atoms with Crippen molar-refractivity contribution in [1.29, 1.82) is 0 Å². The van der Waals surface area contributed by atoms with Crippen molar-refractivity contribution in [2.24, 2.45) is 0 Å². The highest BCUT2D eigenvalue weighted by molar-refractivity contribution is 5.25. The summed E-state index contributed by atoms with van der Waals surface area (Å²) in [5.41, 5.74) is 4.85. The van der Waals surface area contributed by atoms with Crippen molar-refractivity contribution in [2.75, 3.05) is 0 Å². The zero-order chi connectivity index (χ0) is 19.6. The average Bonchev–Trinajstić information content (AvgIpc) is 2.72. The van der Waals surface area contributed by atoms with Crippen LogP contribution in [-0.4, -0.2) is 22.1 Å². The Morgan fingerprint density at radius 2 is 1.14 bits per heavy atom. The van der Waals surface area contributed by atoms with Gasteiger partial charge in [0.2, 0.25) is 0 Å². The predicted molar refractivity (Wildman–Crippen MR) is 117 cm³/mol. The molecule has 2 atom stereocenters. The molecule has 0 amide bonds. The first kappa shape index (κ1) is 21.2. The third kappa shape index (κ3) is 6.25. The van der Waals surface area contributed by atoms with Crippen LogP contribution in [0.2, 0.25) is 0 Å². The van der Waals surface area contributed by atoms with Gasteiger partial charge in [-0.2, -0.15) is 0 Å². The van der Waals surface area contributed by atoms with Crippen molar-refractivity contribution < 1.29 is 0 Å². The van der Waals surface area contributed by atoms with E-state index in [0.717, 1.165) is 38.8 Å². The fourth-order valence-electron chi connectivity index (χ4n) is 4.41.